The number of nitrogens with one attached hydrogen (secondary N) is 1. The highest BCUT2D eigenvalue weighted by Gasteiger charge is 2.36. The number of amides is 2. The largest absolute Gasteiger partial charge is 0.494 e. The van der Waals surface area contributed by atoms with Crippen LogP contribution < -0.4 is 10.1 Å². The van der Waals surface area contributed by atoms with E-state index in [-0.39, 0.29) is 18.2 Å². The predicted octanol–water partition coefficient (Wildman–Crippen LogP) is 6.94. The molecule has 0 aromatic heterocycles. The highest BCUT2D eigenvalue weighted by atomic mass is 35.5. The molecule has 3 aromatic rings. The number of amidine groups is 1. The van der Waals surface area contributed by atoms with E-state index < -0.39 is 5.25 Å². The zero-order valence-corrected chi connectivity index (χ0v) is 21.9. The topological polar surface area (TPSA) is 71.0 Å². The molecular formula is C27H25Cl2N3O3S. The summed E-state index contributed by atoms with van der Waals surface area (Å²) in [6.07, 6.45) is 0.974. The lowest BCUT2D eigenvalue weighted by atomic mass is 10.2. The number of hydrogen-bond acceptors (Lipinski definition) is 5. The quantitative estimate of drug-likeness (QED) is 0.335. The van der Waals surface area contributed by atoms with E-state index >= 15 is 0 Å². The van der Waals surface area contributed by atoms with Gasteiger partial charge in [-0.25, -0.2) is 4.99 Å². The molecule has 1 heterocycles. The smallest absolute Gasteiger partial charge is 0.238 e. The lowest BCUT2D eigenvalue weighted by molar-refractivity contribution is -0.129. The number of anilines is 1. The second-order valence-electron chi connectivity index (χ2n) is 8.15. The molecule has 36 heavy (non-hydrogen) atoms. The summed E-state index contributed by atoms with van der Waals surface area (Å²) in [5.41, 5.74) is 2.18. The molecule has 0 spiro atoms. The number of rotatable bonds is 8. The summed E-state index contributed by atoms with van der Waals surface area (Å²) in [6.45, 7) is 3.00. The normalized spacial score (nSPS) is 16.8. The summed E-state index contributed by atoms with van der Waals surface area (Å²) >= 11 is 13.3. The highest BCUT2D eigenvalue weighted by molar-refractivity contribution is 8.15. The zero-order chi connectivity index (χ0) is 25.5. The van der Waals surface area contributed by atoms with Crippen molar-refractivity contribution in [1.29, 1.82) is 0 Å². The van der Waals surface area contributed by atoms with Gasteiger partial charge >= 0.3 is 0 Å². The summed E-state index contributed by atoms with van der Waals surface area (Å²) in [4.78, 5) is 32.6. The lowest BCUT2D eigenvalue weighted by Crippen LogP contribution is -2.44. The number of carbonyl (C=O) groups excluding carboxylic acids is 2. The zero-order valence-electron chi connectivity index (χ0n) is 19.6. The maximum atomic E-state index is 13.2. The van der Waals surface area contributed by atoms with E-state index in [1.807, 2.05) is 31.2 Å². The lowest BCUT2D eigenvalue weighted by Gasteiger charge is -2.32. The number of carbonyl (C=O) groups is 2. The standard InChI is InChI=1S/C27H25Cl2N3O3S/c1-2-15-35-23-13-11-21(12-14-23)30-26(34)24-16-25(33)32(17-18-3-5-19(28)6-4-18)27(36-24)31-22-9-7-20(29)8-10-22/h3-14,24H,2,15-17H2,1H3,(H,30,34). The molecule has 3 aromatic carbocycles. The van der Waals surface area contributed by atoms with Gasteiger partial charge in [0.25, 0.3) is 0 Å². The Balaban J connectivity index is 1.52. The van der Waals surface area contributed by atoms with Crippen LogP contribution in [0.2, 0.25) is 10.0 Å². The van der Waals surface area contributed by atoms with Gasteiger partial charge in [-0.15, -0.1) is 0 Å². The van der Waals surface area contributed by atoms with Crippen molar-refractivity contribution in [3.05, 3.63) is 88.4 Å². The minimum Gasteiger partial charge on any atom is -0.494 e. The molecule has 1 aliphatic rings. The maximum Gasteiger partial charge on any atom is 0.238 e. The number of hydrogen-bond donors (Lipinski definition) is 1. The third-order valence-electron chi connectivity index (χ3n) is 5.33. The molecule has 0 bridgehead atoms. The second kappa shape index (κ2) is 12.3. The van der Waals surface area contributed by atoms with Crippen LogP contribution in [-0.4, -0.2) is 33.7 Å². The highest BCUT2D eigenvalue weighted by Crippen LogP contribution is 2.31. The number of benzene rings is 3. The molecular weight excluding hydrogens is 517 g/mol. The first-order valence-electron chi connectivity index (χ1n) is 11.5. The third kappa shape index (κ3) is 7.03. The molecule has 1 fully saturated rings. The number of thioether (sulfide) groups is 1. The van der Waals surface area contributed by atoms with Crippen LogP contribution in [0, 0.1) is 0 Å². The Morgan fingerprint density at radius 3 is 2.31 bits per heavy atom. The summed E-state index contributed by atoms with van der Waals surface area (Å²) in [6, 6.07) is 21.5. The average Bonchev–Trinajstić information content (AvgIpc) is 2.88. The van der Waals surface area contributed by atoms with E-state index in [1.165, 1.54) is 11.8 Å². The van der Waals surface area contributed by atoms with Crippen molar-refractivity contribution in [2.24, 2.45) is 4.99 Å². The molecule has 0 aliphatic carbocycles. The van der Waals surface area contributed by atoms with Crippen molar-refractivity contribution in [3.63, 3.8) is 0 Å². The SMILES string of the molecule is CCCOc1ccc(NC(=O)C2CC(=O)N(Cc3ccc(Cl)cc3)C(=Nc3ccc(Cl)cc3)S2)cc1. The molecule has 1 atom stereocenters. The molecule has 1 aliphatic heterocycles. The van der Waals surface area contributed by atoms with Gasteiger partial charge in [0.15, 0.2) is 5.17 Å². The van der Waals surface area contributed by atoms with Crippen LogP contribution in [0.3, 0.4) is 0 Å². The maximum absolute atomic E-state index is 13.2. The van der Waals surface area contributed by atoms with E-state index in [0.717, 1.165) is 17.7 Å². The van der Waals surface area contributed by atoms with Gasteiger partial charge in [0.2, 0.25) is 11.8 Å². The molecule has 0 saturated carbocycles. The molecule has 6 nitrogen and oxygen atoms in total. The summed E-state index contributed by atoms with van der Waals surface area (Å²) < 4.78 is 5.59. The fourth-order valence-electron chi connectivity index (χ4n) is 3.47. The van der Waals surface area contributed by atoms with Gasteiger partial charge in [0.05, 0.1) is 18.8 Å². The number of halogens is 2. The van der Waals surface area contributed by atoms with Crippen LogP contribution in [0.5, 0.6) is 5.75 Å². The molecule has 4 rings (SSSR count). The Bertz CT molecular complexity index is 1230. The summed E-state index contributed by atoms with van der Waals surface area (Å²) in [7, 11) is 0. The van der Waals surface area contributed by atoms with Crippen LogP contribution in [0.15, 0.2) is 77.8 Å². The Morgan fingerprint density at radius 1 is 1.03 bits per heavy atom. The molecule has 1 N–H and O–H groups in total. The van der Waals surface area contributed by atoms with Gasteiger partial charge < -0.3 is 10.1 Å². The first kappa shape index (κ1) is 26.1. The van der Waals surface area contributed by atoms with Crippen molar-refractivity contribution < 1.29 is 14.3 Å². The Labute approximate surface area is 224 Å². The van der Waals surface area contributed by atoms with E-state index in [0.29, 0.717) is 39.7 Å². The van der Waals surface area contributed by atoms with Crippen LogP contribution in [0.4, 0.5) is 11.4 Å². The first-order chi connectivity index (χ1) is 17.4. The van der Waals surface area contributed by atoms with E-state index in [1.54, 1.807) is 53.4 Å². The van der Waals surface area contributed by atoms with Gasteiger partial charge in [0.1, 0.15) is 11.0 Å². The predicted molar refractivity (Wildman–Crippen MR) is 147 cm³/mol. The summed E-state index contributed by atoms with van der Waals surface area (Å²) in [5.74, 6) is 0.303. The van der Waals surface area contributed by atoms with E-state index in [4.69, 9.17) is 27.9 Å². The number of aliphatic imine (C=N–C) groups is 1. The van der Waals surface area contributed by atoms with E-state index in [9.17, 15) is 9.59 Å². The fraction of sp³-hybridized carbons (Fsp3) is 0.222. The van der Waals surface area contributed by atoms with Crippen LogP contribution >= 0.6 is 35.0 Å². The molecule has 0 radical (unpaired) electrons. The minimum absolute atomic E-state index is 0.0570. The third-order valence-corrected chi connectivity index (χ3v) is 7.02. The Hall–Kier alpha value is -3.00. The van der Waals surface area contributed by atoms with Crippen molar-refractivity contribution in [1.82, 2.24) is 4.90 Å². The van der Waals surface area contributed by atoms with Gasteiger partial charge in [-0.2, -0.15) is 0 Å². The van der Waals surface area contributed by atoms with Gasteiger partial charge in [0, 0.05) is 22.2 Å². The van der Waals surface area contributed by atoms with Crippen molar-refractivity contribution in [2.75, 3.05) is 11.9 Å². The molecule has 2 amide bonds. The summed E-state index contributed by atoms with van der Waals surface area (Å²) in [5, 5.41) is 3.94. The number of nitrogens with zero attached hydrogens (tertiary/aromatic N) is 2. The van der Waals surface area contributed by atoms with Crippen LogP contribution in [-0.2, 0) is 16.1 Å². The fourth-order valence-corrected chi connectivity index (χ4v) is 4.82. The molecule has 186 valence electrons. The van der Waals surface area contributed by atoms with Crippen LogP contribution in [0.1, 0.15) is 25.3 Å². The monoisotopic (exact) mass is 541 g/mol. The Morgan fingerprint density at radius 2 is 1.67 bits per heavy atom. The van der Waals surface area contributed by atoms with E-state index in [2.05, 4.69) is 10.3 Å². The molecule has 1 saturated heterocycles. The van der Waals surface area contributed by atoms with Crippen LogP contribution in [0.25, 0.3) is 0 Å². The number of ether oxygens (including phenoxy) is 1. The van der Waals surface area contributed by atoms with Gasteiger partial charge in [-0.3, -0.25) is 14.5 Å². The van der Waals surface area contributed by atoms with Gasteiger partial charge in [-0.1, -0.05) is 54.0 Å². The first-order valence-corrected chi connectivity index (χ1v) is 13.1. The van der Waals surface area contributed by atoms with Gasteiger partial charge in [-0.05, 0) is 72.6 Å². The van der Waals surface area contributed by atoms with Crippen molar-refractivity contribution >= 4 is 63.3 Å². The van der Waals surface area contributed by atoms with Crippen molar-refractivity contribution in [3.8, 4) is 5.75 Å². The molecule has 9 heteroatoms. The second-order valence-corrected chi connectivity index (χ2v) is 10.2. The van der Waals surface area contributed by atoms with Crippen molar-refractivity contribution in [2.45, 2.75) is 31.6 Å². The molecule has 1 unspecified atom stereocenters. The Kier molecular flexibility index (Phi) is 8.91. The minimum atomic E-state index is -0.624. The average molecular weight is 542 g/mol.